The lowest BCUT2D eigenvalue weighted by molar-refractivity contribution is -0.149. The lowest BCUT2D eigenvalue weighted by Gasteiger charge is -2.30. The zero-order chi connectivity index (χ0) is 17.8. The predicted molar refractivity (Wildman–Crippen MR) is 91.4 cm³/mol. The molecular weight excluding hydrogens is 320 g/mol. The third-order valence-corrected chi connectivity index (χ3v) is 4.37. The number of rotatable bonds is 4. The van der Waals surface area contributed by atoms with Crippen LogP contribution in [0.4, 0.5) is 0 Å². The average Bonchev–Trinajstić information content (AvgIpc) is 3.04. The van der Waals surface area contributed by atoms with Crippen molar-refractivity contribution in [1.29, 1.82) is 0 Å². The van der Waals surface area contributed by atoms with Crippen LogP contribution in [0, 0.1) is 12.8 Å². The molecule has 0 unspecified atom stereocenters. The summed E-state index contributed by atoms with van der Waals surface area (Å²) in [6, 6.07) is 9.49. The van der Waals surface area contributed by atoms with E-state index in [9.17, 15) is 9.59 Å². The second kappa shape index (κ2) is 7.46. The lowest BCUT2D eigenvalue weighted by Crippen LogP contribution is -2.41. The summed E-state index contributed by atoms with van der Waals surface area (Å²) >= 11 is 0. The van der Waals surface area contributed by atoms with E-state index in [0.717, 1.165) is 5.69 Å². The highest BCUT2D eigenvalue weighted by atomic mass is 16.5. The van der Waals surface area contributed by atoms with E-state index in [-0.39, 0.29) is 17.8 Å². The van der Waals surface area contributed by atoms with Gasteiger partial charge in [0.2, 0.25) is 0 Å². The van der Waals surface area contributed by atoms with Gasteiger partial charge in [0.1, 0.15) is 0 Å². The van der Waals surface area contributed by atoms with E-state index in [2.05, 4.69) is 10.2 Å². The molecule has 0 radical (unpaired) electrons. The molecule has 1 aromatic carbocycles. The molecule has 0 aliphatic carbocycles. The number of hydrogen-bond donors (Lipinski definition) is 0. The number of esters is 1. The van der Waals surface area contributed by atoms with Crippen LogP contribution < -0.4 is 0 Å². The van der Waals surface area contributed by atoms with Crippen molar-refractivity contribution in [2.24, 2.45) is 5.92 Å². The Morgan fingerprint density at radius 3 is 2.48 bits per heavy atom. The predicted octanol–water partition coefficient (Wildman–Crippen LogP) is 1.99. The number of para-hydroxylation sites is 1. The van der Waals surface area contributed by atoms with Gasteiger partial charge in [-0.2, -0.15) is 9.90 Å². The first kappa shape index (κ1) is 17.1. The molecule has 1 aliphatic heterocycles. The van der Waals surface area contributed by atoms with Gasteiger partial charge in [-0.15, -0.1) is 5.10 Å². The highest BCUT2D eigenvalue weighted by molar-refractivity contribution is 5.93. The van der Waals surface area contributed by atoms with Crippen molar-refractivity contribution in [2.75, 3.05) is 19.7 Å². The van der Waals surface area contributed by atoms with Gasteiger partial charge in [-0.3, -0.25) is 9.59 Å². The van der Waals surface area contributed by atoms with Crippen LogP contribution in [0.15, 0.2) is 30.3 Å². The fraction of sp³-hybridized carbons (Fsp3) is 0.444. The number of hydrogen-bond acceptors (Lipinski definition) is 5. The van der Waals surface area contributed by atoms with Gasteiger partial charge in [-0.1, -0.05) is 18.2 Å². The molecule has 1 aliphatic rings. The number of nitrogens with zero attached hydrogens (tertiary/aromatic N) is 4. The fourth-order valence-electron chi connectivity index (χ4n) is 2.98. The number of aryl methyl sites for hydroxylation is 1. The van der Waals surface area contributed by atoms with E-state index in [4.69, 9.17) is 4.74 Å². The smallest absolute Gasteiger partial charge is 0.309 e. The molecule has 1 saturated heterocycles. The second-order valence-electron chi connectivity index (χ2n) is 6.08. The molecule has 25 heavy (non-hydrogen) atoms. The summed E-state index contributed by atoms with van der Waals surface area (Å²) in [6.07, 6.45) is 1.24. The Labute approximate surface area is 146 Å². The van der Waals surface area contributed by atoms with Gasteiger partial charge in [-0.25, -0.2) is 0 Å². The van der Waals surface area contributed by atoms with Crippen molar-refractivity contribution in [3.63, 3.8) is 0 Å². The van der Waals surface area contributed by atoms with E-state index in [1.807, 2.05) is 30.3 Å². The molecule has 0 bridgehead atoms. The first-order chi connectivity index (χ1) is 12.1. The minimum atomic E-state index is -0.166. The van der Waals surface area contributed by atoms with Crippen molar-refractivity contribution in [2.45, 2.75) is 26.7 Å². The Hall–Kier alpha value is -2.70. The average molecular weight is 342 g/mol. The number of ether oxygens (including phenoxy) is 1. The van der Waals surface area contributed by atoms with Crippen LogP contribution in [0.25, 0.3) is 5.69 Å². The van der Waals surface area contributed by atoms with Crippen LogP contribution in [0.2, 0.25) is 0 Å². The maximum atomic E-state index is 12.8. The molecule has 132 valence electrons. The number of piperidine rings is 1. The second-order valence-corrected chi connectivity index (χ2v) is 6.08. The minimum absolute atomic E-state index is 0.120. The Kier molecular flexibility index (Phi) is 5.11. The summed E-state index contributed by atoms with van der Waals surface area (Å²) in [7, 11) is 0. The number of amides is 1. The van der Waals surface area contributed by atoms with Gasteiger partial charge >= 0.3 is 5.97 Å². The molecular formula is C18H22N4O3. The Balaban J connectivity index is 1.68. The SMILES string of the molecule is CCOC(=O)C1CCN(C(=O)c2nn(-c3ccccc3)nc2C)CC1. The van der Waals surface area contributed by atoms with Gasteiger partial charge in [0.25, 0.3) is 5.91 Å². The third kappa shape index (κ3) is 3.70. The van der Waals surface area contributed by atoms with E-state index in [0.29, 0.717) is 43.9 Å². The highest BCUT2D eigenvalue weighted by Crippen LogP contribution is 2.21. The van der Waals surface area contributed by atoms with Crippen LogP contribution in [0.5, 0.6) is 0 Å². The minimum Gasteiger partial charge on any atom is -0.466 e. The normalized spacial score (nSPS) is 15.2. The molecule has 7 heteroatoms. The van der Waals surface area contributed by atoms with Crippen molar-refractivity contribution in [1.82, 2.24) is 19.9 Å². The number of carbonyl (C=O) groups excluding carboxylic acids is 2. The molecule has 1 amide bonds. The molecule has 1 aromatic heterocycles. The lowest BCUT2D eigenvalue weighted by atomic mass is 9.97. The monoisotopic (exact) mass is 342 g/mol. The number of aromatic nitrogens is 3. The number of benzene rings is 1. The van der Waals surface area contributed by atoms with E-state index in [1.165, 1.54) is 4.80 Å². The molecule has 2 heterocycles. The molecule has 3 rings (SSSR count). The van der Waals surface area contributed by atoms with Gasteiger partial charge in [0.05, 0.1) is 23.9 Å². The fourth-order valence-corrected chi connectivity index (χ4v) is 2.98. The maximum Gasteiger partial charge on any atom is 0.309 e. The standard InChI is InChI=1S/C18H22N4O3/c1-3-25-18(24)14-9-11-21(12-10-14)17(23)16-13(2)19-22(20-16)15-7-5-4-6-8-15/h4-8,14H,3,9-12H2,1-2H3. The Morgan fingerprint density at radius 1 is 1.16 bits per heavy atom. The molecule has 0 saturated carbocycles. The summed E-state index contributed by atoms with van der Waals surface area (Å²) in [5.41, 5.74) is 1.77. The van der Waals surface area contributed by atoms with Gasteiger partial charge in [0, 0.05) is 13.1 Å². The summed E-state index contributed by atoms with van der Waals surface area (Å²) in [4.78, 5) is 27.8. The molecule has 7 nitrogen and oxygen atoms in total. The zero-order valence-corrected chi connectivity index (χ0v) is 14.5. The van der Waals surface area contributed by atoms with Crippen molar-refractivity contribution >= 4 is 11.9 Å². The van der Waals surface area contributed by atoms with Crippen LogP contribution in [-0.2, 0) is 9.53 Å². The molecule has 0 spiro atoms. The Bertz CT molecular complexity index is 749. The zero-order valence-electron chi connectivity index (χ0n) is 14.5. The topological polar surface area (TPSA) is 77.3 Å². The highest BCUT2D eigenvalue weighted by Gasteiger charge is 2.30. The largest absolute Gasteiger partial charge is 0.466 e. The van der Waals surface area contributed by atoms with Crippen LogP contribution in [0.1, 0.15) is 35.9 Å². The van der Waals surface area contributed by atoms with Crippen LogP contribution in [0.3, 0.4) is 0 Å². The summed E-state index contributed by atoms with van der Waals surface area (Å²) in [6.45, 7) is 5.03. The van der Waals surface area contributed by atoms with E-state index >= 15 is 0 Å². The number of carbonyl (C=O) groups is 2. The molecule has 1 fully saturated rings. The van der Waals surface area contributed by atoms with Gasteiger partial charge < -0.3 is 9.64 Å². The van der Waals surface area contributed by atoms with Crippen molar-refractivity contribution in [3.8, 4) is 5.69 Å². The summed E-state index contributed by atoms with van der Waals surface area (Å²) < 4.78 is 5.07. The Morgan fingerprint density at radius 2 is 1.84 bits per heavy atom. The molecule has 0 atom stereocenters. The van der Waals surface area contributed by atoms with Gasteiger partial charge in [-0.05, 0) is 38.8 Å². The molecule has 2 aromatic rings. The summed E-state index contributed by atoms with van der Waals surface area (Å²) in [5, 5.41) is 8.71. The first-order valence-corrected chi connectivity index (χ1v) is 8.55. The third-order valence-electron chi connectivity index (χ3n) is 4.37. The van der Waals surface area contributed by atoms with Crippen molar-refractivity contribution in [3.05, 3.63) is 41.7 Å². The van der Waals surface area contributed by atoms with Crippen LogP contribution >= 0.6 is 0 Å². The molecule has 0 N–H and O–H groups in total. The first-order valence-electron chi connectivity index (χ1n) is 8.55. The van der Waals surface area contributed by atoms with Crippen LogP contribution in [-0.4, -0.2) is 51.5 Å². The number of likely N-dealkylation sites (tertiary alicyclic amines) is 1. The van der Waals surface area contributed by atoms with Gasteiger partial charge in [0.15, 0.2) is 5.69 Å². The van der Waals surface area contributed by atoms with E-state index in [1.54, 1.807) is 18.7 Å². The maximum absolute atomic E-state index is 12.8. The van der Waals surface area contributed by atoms with E-state index < -0.39 is 0 Å². The quantitative estimate of drug-likeness (QED) is 0.794. The summed E-state index contributed by atoms with van der Waals surface area (Å²) in [5.74, 6) is -0.423. The van der Waals surface area contributed by atoms with Crippen molar-refractivity contribution < 1.29 is 14.3 Å².